The van der Waals surface area contributed by atoms with Crippen LogP contribution in [0, 0.1) is 20.8 Å². The molecule has 0 atom stereocenters. The summed E-state index contributed by atoms with van der Waals surface area (Å²) in [6.45, 7) is 7.00. The summed E-state index contributed by atoms with van der Waals surface area (Å²) in [5.74, 6) is 1.63. The summed E-state index contributed by atoms with van der Waals surface area (Å²) in [6, 6.07) is 0. The highest BCUT2D eigenvalue weighted by molar-refractivity contribution is 7.21. The van der Waals surface area contributed by atoms with Gasteiger partial charge in [0.1, 0.15) is 23.2 Å². The molecule has 3 aromatic rings. The Labute approximate surface area is 154 Å². The number of rotatable bonds is 2. The molecule has 0 unspecified atom stereocenters. The van der Waals surface area contributed by atoms with E-state index < -0.39 is 0 Å². The van der Waals surface area contributed by atoms with Gasteiger partial charge in [0.05, 0.1) is 21.3 Å². The molecule has 4 heterocycles. The van der Waals surface area contributed by atoms with Gasteiger partial charge in [-0.15, -0.1) is 11.3 Å². The third kappa shape index (κ3) is 2.83. The van der Waals surface area contributed by atoms with Crippen LogP contribution in [0.5, 0.6) is 0 Å². The fraction of sp³-hybridized carbons (Fsp3) is 0.294. The number of aliphatic imine (C=N–C) groups is 1. The average Bonchev–Trinajstić information content (AvgIpc) is 2.98. The number of hydrogen-bond donors (Lipinski definition) is 2. The van der Waals surface area contributed by atoms with Gasteiger partial charge in [-0.2, -0.15) is 0 Å². The van der Waals surface area contributed by atoms with Crippen molar-refractivity contribution in [3.63, 3.8) is 0 Å². The molecule has 0 amide bonds. The van der Waals surface area contributed by atoms with Crippen LogP contribution in [0.15, 0.2) is 17.4 Å². The molecule has 2 N–H and O–H groups in total. The predicted octanol–water partition coefficient (Wildman–Crippen LogP) is 3.58. The van der Waals surface area contributed by atoms with Crippen molar-refractivity contribution in [3.05, 3.63) is 44.9 Å². The standard InChI is InChI=1S/C17H17ClN6S/c1-8-12-14-15(25-17(12)24-9(2)13(8)18)16(23-7-22-14)21-6-11-4-19-10(3)20-5-11/h4-5,22H,6-7H2,1-3H3,(H,21,23). The second-order valence-electron chi connectivity index (χ2n) is 5.96. The third-order valence-electron chi connectivity index (χ3n) is 4.18. The Morgan fingerprint density at radius 2 is 2.00 bits per heavy atom. The van der Waals surface area contributed by atoms with Crippen LogP contribution in [0.3, 0.4) is 0 Å². The Morgan fingerprint density at radius 3 is 2.76 bits per heavy atom. The van der Waals surface area contributed by atoms with E-state index >= 15 is 0 Å². The zero-order chi connectivity index (χ0) is 17.6. The van der Waals surface area contributed by atoms with Gasteiger partial charge in [-0.05, 0) is 26.3 Å². The molecular weight excluding hydrogens is 356 g/mol. The Kier molecular flexibility index (Phi) is 4.05. The lowest BCUT2D eigenvalue weighted by atomic mass is 10.1. The van der Waals surface area contributed by atoms with Crippen LogP contribution in [0.1, 0.15) is 27.5 Å². The Balaban J connectivity index is 1.69. The molecular formula is C17H17ClN6S. The van der Waals surface area contributed by atoms with Gasteiger partial charge in [0.15, 0.2) is 0 Å². The van der Waals surface area contributed by atoms with Crippen molar-refractivity contribution in [1.29, 1.82) is 0 Å². The zero-order valence-electron chi connectivity index (χ0n) is 14.1. The van der Waals surface area contributed by atoms with Gasteiger partial charge < -0.3 is 10.6 Å². The van der Waals surface area contributed by atoms with Crippen molar-refractivity contribution in [2.45, 2.75) is 27.3 Å². The zero-order valence-corrected chi connectivity index (χ0v) is 15.7. The second-order valence-corrected chi connectivity index (χ2v) is 7.33. The number of nitrogens with zero attached hydrogens (tertiary/aromatic N) is 4. The number of amidine groups is 1. The topological polar surface area (TPSA) is 75.1 Å². The summed E-state index contributed by atoms with van der Waals surface area (Å²) in [6.07, 6.45) is 3.66. The van der Waals surface area contributed by atoms with Gasteiger partial charge in [0.25, 0.3) is 0 Å². The van der Waals surface area contributed by atoms with Crippen molar-refractivity contribution in [2.75, 3.05) is 12.0 Å². The van der Waals surface area contributed by atoms with E-state index in [0.29, 0.717) is 13.2 Å². The highest BCUT2D eigenvalue weighted by atomic mass is 35.5. The molecule has 0 aromatic carbocycles. The van der Waals surface area contributed by atoms with Crippen LogP contribution in [0.25, 0.3) is 10.2 Å². The molecule has 1 aliphatic heterocycles. The molecule has 0 bridgehead atoms. The molecule has 4 rings (SSSR count). The lowest BCUT2D eigenvalue weighted by Gasteiger charge is -2.17. The van der Waals surface area contributed by atoms with Crippen molar-refractivity contribution >= 4 is 44.7 Å². The maximum atomic E-state index is 6.40. The average molecular weight is 373 g/mol. The van der Waals surface area contributed by atoms with Crippen LogP contribution < -0.4 is 10.6 Å². The molecule has 1 aliphatic rings. The van der Waals surface area contributed by atoms with E-state index in [0.717, 1.165) is 54.3 Å². The monoisotopic (exact) mass is 372 g/mol. The summed E-state index contributed by atoms with van der Waals surface area (Å²) in [5.41, 5.74) is 3.99. The predicted molar refractivity (Wildman–Crippen MR) is 103 cm³/mol. The first kappa shape index (κ1) is 16.2. The van der Waals surface area contributed by atoms with E-state index in [4.69, 9.17) is 11.6 Å². The van der Waals surface area contributed by atoms with Crippen molar-refractivity contribution < 1.29 is 0 Å². The number of fused-ring (bicyclic) bond motifs is 3. The molecule has 25 heavy (non-hydrogen) atoms. The first-order valence-corrected chi connectivity index (χ1v) is 9.13. The summed E-state index contributed by atoms with van der Waals surface area (Å²) < 4.78 is 0. The van der Waals surface area contributed by atoms with Crippen molar-refractivity contribution in [3.8, 4) is 0 Å². The Bertz CT molecular complexity index is 993. The molecule has 3 aromatic heterocycles. The van der Waals surface area contributed by atoms with E-state index in [9.17, 15) is 0 Å². The van der Waals surface area contributed by atoms with E-state index in [1.165, 1.54) is 0 Å². The SMILES string of the molecule is Cc1ncc(CNC2=NCNc3c2sc2nc(C)c(Cl)c(C)c32)cn1. The van der Waals surface area contributed by atoms with E-state index in [2.05, 4.69) is 30.6 Å². The third-order valence-corrected chi connectivity index (χ3v) is 5.83. The second kappa shape index (κ2) is 6.24. The van der Waals surface area contributed by atoms with Gasteiger partial charge in [-0.25, -0.2) is 19.9 Å². The fourth-order valence-electron chi connectivity index (χ4n) is 2.87. The maximum Gasteiger partial charge on any atom is 0.142 e. The molecule has 0 saturated carbocycles. The molecule has 6 nitrogen and oxygen atoms in total. The molecule has 0 aliphatic carbocycles. The summed E-state index contributed by atoms with van der Waals surface area (Å²) >= 11 is 8.03. The number of anilines is 1. The fourth-order valence-corrected chi connectivity index (χ4v) is 4.25. The number of halogens is 1. The lowest BCUT2D eigenvalue weighted by molar-refractivity contribution is 0.873. The van der Waals surface area contributed by atoms with E-state index in [-0.39, 0.29) is 0 Å². The van der Waals surface area contributed by atoms with E-state index in [1.54, 1.807) is 11.3 Å². The molecule has 0 radical (unpaired) electrons. The van der Waals surface area contributed by atoms with Gasteiger partial charge >= 0.3 is 0 Å². The highest BCUT2D eigenvalue weighted by Crippen LogP contribution is 2.41. The minimum atomic E-state index is 0.524. The highest BCUT2D eigenvalue weighted by Gasteiger charge is 2.23. The number of nitrogens with one attached hydrogen (secondary N) is 2. The maximum absolute atomic E-state index is 6.40. The Morgan fingerprint density at radius 1 is 1.24 bits per heavy atom. The van der Waals surface area contributed by atoms with Gasteiger partial charge in [-0.3, -0.25) is 0 Å². The van der Waals surface area contributed by atoms with Crippen LogP contribution in [0.2, 0.25) is 5.02 Å². The van der Waals surface area contributed by atoms with Crippen LogP contribution >= 0.6 is 22.9 Å². The first-order valence-electron chi connectivity index (χ1n) is 7.94. The molecule has 0 spiro atoms. The minimum Gasteiger partial charge on any atom is -0.365 e. The van der Waals surface area contributed by atoms with Crippen LogP contribution in [0.4, 0.5) is 5.69 Å². The van der Waals surface area contributed by atoms with Crippen molar-refractivity contribution in [2.24, 2.45) is 4.99 Å². The van der Waals surface area contributed by atoms with Gasteiger partial charge in [0, 0.05) is 29.9 Å². The first-order chi connectivity index (χ1) is 12.0. The van der Waals surface area contributed by atoms with Crippen molar-refractivity contribution in [1.82, 2.24) is 20.3 Å². The summed E-state index contributed by atoms with van der Waals surface area (Å²) in [4.78, 5) is 19.7. The largest absolute Gasteiger partial charge is 0.365 e. The van der Waals surface area contributed by atoms with Gasteiger partial charge in [-0.1, -0.05) is 11.6 Å². The van der Waals surface area contributed by atoms with E-state index in [1.807, 2.05) is 33.2 Å². The number of thiophene rings is 1. The van der Waals surface area contributed by atoms with Crippen LogP contribution in [-0.2, 0) is 6.54 Å². The summed E-state index contributed by atoms with van der Waals surface area (Å²) in [7, 11) is 0. The van der Waals surface area contributed by atoms with Crippen LogP contribution in [-0.4, -0.2) is 27.5 Å². The molecule has 128 valence electrons. The van der Waals surface area contributed by atoms with Gasteiger partial charge in [0.2, 0.25) is 0 Å². The molecule has 0 fully saturated rings. The number of hydrogen-bond acceptors (Lipinski definition) is 7. The molecule has 8 heteroatoms. The number of aryl methyl sites for hydroxylation is 3. The quantitative estimate of drug-likeness (QED) is 0.719. The number of aromatic nitrogens is 3. The lowest BCUT2D eigenvalue weighted by Crippen LogP contribution is -2.28. The number of pyridine rings is 1. The summed E-state index contributed by atoms with van der Waals surface area (Å²) in [5, 5.41) is 8.58. The minimum absolute atomic E-state index is 0.524. The Hall–Kier alpha value is -2.25. The normalized spacial score (nSPS) is 13.4. The smallest absolute Gasteiger partial charge is 0.142 e. The molecule has 0 saturated heterocycles.